The number of aryl methyl sites for hydroxylation is 1. The fourth-order valence-electron chi connectivity index (χ4n) is 2.65. The molecule has 2 N–H and O–H groups in total. The molecule has 0 aromatic heterocycles. The second-order valence-electron chi connectivity index (χ2n) is 5.60. The first-order valence-electron chi connectivity index (χ1n) is 7.36. The summed E-state index contributed by atoms with van der Waals surface area (Å²) in [4.78, 5) is 25.6. The molecule has 0 saturated heterocycles. The third kappa shape index (κ3) is 3.54. The van der Waals surface area contributed by atoms with Gasteiger partial charge in [0.05, 0.1) is 5.92 Å². The zero-order valence-electron chi connectivity index (χ0n) is 12.9. The van der Waals surface area contributed by atoms with Crippen molar-refractivity contribution in [2.24, 2.45) is 5.92 Å². The first-order chi connectivity index (χ1) is 10.0. The SMILES string of the molecule is CNC(=O)C(C)CN(C)C(=O)c1ccc2c(c1)CCCN2. The van der Waals surface area contributed by atoms with Crippen LogP contribution >= 0.6 is 0 Å². The quantitative estimate of drug-likeness (QED) is 0.883. The minimum Gasteiger partial charge on any atom is -0.385 e. The molecule has 1 aliphatic rings. The van der Waals surface area contributed by atoms with Gasteiger partial charge in [0.2, 0.25) is 5.91 Å². The van der Waals surface area contributed by atoms with E-state index >= 15 is 0 Å². The van der Waals surface area contributed by atoms with Gasteiger partial charge in [0, 0.05) is 38.4 Å². The second kappa shape index (κ2) is 6.61. The largest absolute Gasteiger partial charge is 0.385 e. The monoisotopic (exact) mass is 289 g/mol. The molecule has 1 aromatic carbocycles. The molecular weight excluding hydrogens is 266 g/mol. The van der Waals surface area contributed by atoms with E-state index in [9.17, 15) is 9.59 Å². The van der Waals surface area contributed by atoms with Crippen molar-refractivity contribution in [1.29, 1.82) is 0 Å². The van der Waals surface area contributed by atoms with Crippen LogP contribution < -0.4 is 10.6 Å². The Morgan fingerprint density at radius 2 is 2.19 bits per heavy atom. The van der Waals surface area contributed by atoms with Crippen molar-refractivity contribution in [3.63, 3.8) is 0 Å². The molecule has 1 aliphatic heterocycles. The van der Waals surface area contributed by atoms with Gasteiger partial charge in [-0.05, 0) is 36.6 Å². The number of nitrogens with zero attached hydrogens (tertiary/aromatic N) is 1. The molecule has 0 aliphatic carbocycles. The summed E-state index contributed by atoms with van der Waals surface area (Å²) >= 11 is 0. The van der Waals surface area contributed by atoms with Crippen LogP contribution in [0.15, 0.2) is 18.2 Å². The number of anilines is 1. The van der Waals surface area contributed by atoms with Gasteiger partial charge in [-0.2, -0.15) is 0 Å². The second-order valence-corrected chi connectivity index (χ2v) is 5.60. The van der Waals surface area contributed by atoms with E-state index < -0.39 is 0 Å². The molecule has 0 spiro atoms. The summed E-state index contributed by atoms with van der Waals surface area (Å²) in [5, 5.41) is 5.94. The number of carbonyl (C=O) groups excluding carboxylic acids is 2. The van der Waals surface area contributed by atoms with Crippen molar-refractivity contribution >= 4 is 17.5 Å². The summed E-state index contributed by atoms with van der Waals surface area (Å²) in [5.74, 6) is -0.313. The minimum atomic E-state index is -0.219. The van der Waals surface area contributed by atoms with Gasteiger partial charge in [0.25, 0.3) is 5.91 Å². The van der Waals surface area contributed by atoms with Gasteiger partial charge in [0.1, 0.15) is 0 Å². The van der Waals surface area contributed by atoms with Gasteiger partial charge in [-0.25, -0.2) is 0 Å². The Labute approximate surface area is 125 Å². The molecule has 0 radical (unpaired) electrons. The molecule has 114 valence electrons. The Kier molecular flexibility index (Phi) is 4.83. The van der Waals surface area contributed by atoms with E-state index in [1.54, 1.807) is 19.0 Å². The van der Waals surface area contributed by atoms with Crippen LogP contribution in [-0.2, 0) is 11.2 Å². The van der Waals surface area contributed by atoms with Crippen molar-refractivity contribution in [1.82, 2.24) is 10.2 Å². The van der Waals surface area contributed by atoms with Crippen LogP contribution in [-0.4, -0.2) is 43.9 Å². The van der Waals surface area contributed by atoms with E-state index in [0.29, 0.717) is 12.1 Å². The highest BCUT2D eigenvalue weighted by Crippen LogP contribution is 2.23. The third-order valence-corrected chi connectivity index (χ3v) is 3.88. The van der Waals surface area contributed by atoms with Crippen LogP contribution in [0.5, 0.6) is 0 Å². The number of carbonyl (C=O) groups is 2. The summed E-state index contributed by atoms with van der Waals surface area (Å²) in [6.45, 7) is 3.22. The molecule has 2 rings (SSSR count). The van der Waals surface area contributed by atoms with E-state index in [-0.39, 0.29) is 17.7 Å². The Morgan fingerprint density at radius 3 is 2.90 bits per heavy atom. The van der Waals surface area contributed by atoms with Gasteiger partial charge in [-0.3, -0.25) is 9.59 Å². The highest BCUT2D eigenvalue weighted by atomic mass is 16.2. The summed E-state index contributed by atoms with van der Waals surface area (Å²) in [6, 6.07) is 5.78. The van der Waals surface area contributed by atoms with Crippen LogP contribution in [0.1, 0.15) is 29.3 Å². The van der Waals surface area contributed by atoms with E-state index in [2.05, 4.69) is 10.6 Å². The van der Waals surface area contributed by atoms with Crippen LogP contribution in [0.3, 0.4) is 0 Å². The highest BCUT2D eigenvalue weighted by molar-refractivity contribution is 5.95. The van der Waals surface area contributed by atoms with Crippen molar-refractivity contribution in [2.45, 2.75) is 19.8 Å². The lowest BCUT2D eigenvalue weighted by atomic mass is 10.00. The molecule has 2 amide bonds. The van der Waals surface area contributed by atoms with Crippen molar-refractivity contribution in [3.8, 4) is 0 Å². The lowest BCUT2D eigenvalue weighted by Crippen LogP contribution is -2.37. The number of rotatable bonds is 4. The van der Waals surface area contributed by atoms with Gasteiger partial charge >= 0.3 is 0 Å². The van der Waals surface area contributed by atoms with Crippen LogP contribution in [0.4, 0.5) is 5.69 Å². The maximum Gasteiger partial charge on any atom is 0.253 e. The Morgan fingerprint density at radius 1 is 1.43 bits per heavy atom. The first-order valence-corrected chi connectivity index (χ1v) is 7.36. The number of hydrogen-bond donors (Lipinski definition) is 2. The third-order valence-electron chi connectivity index (χ3n) is 3.88. The van der Waals surface area contributed by atoms with Gasteiger partial charge in [-0.1, -0.05) is 6.92 Å². The topological polar surface area (TPSA) is 61.4 Å². The van der Waals surface area contributed by atoms with Crippen molar-refractivity contribution < 1.29 is 9.59 Å². The Balaban J connectivity index is 2.07. The molecule has 21 heavy (non-hydrogen) atoms. The predicted molar refractivity (Wildman–Crippen MR) is 83.4 cm³/mol. The van der Waals surface area contributed by atoms with E-state index in [1.165, 1.54) is 5.56 Å². The molecule has 1 unspecified atom stereocenters. The van der Waals surface area contributed by atoms with Crippen LogP contribution in [0, 0.1) is 5.92 Å². The summed E-state index contributed by atoms with van der Waals surface area (Å²) in [5.41, 5.74) is 3.00. The molecule has 1 aromatic rings. The average molecular weight is 289 g/mol. The number of nitrogens with one attached hydrogen (secondary N) is 2. The maximum atomic E-state index is 12.5. The highest BCUT2D eigenvalue weighted by Gasteiger charge is 2.19. The summed E-state index contributed by atoms with van der Waals surface area (Å²) < 4.78 is 0. The summed E-state index contributed by atoms with van der Waals surface area (Å²) in [6.07, 6.45) is 2.09. The lowest BCUT2D eigenvalue weighted by molar-refractivity contribution is -0.124. The molecule has 5 heteroatoms. The maximum absolute atomic E-state index is 12.5. The smallest absolute Gasteiger partial charge is 0.253 e. The van der Waals surface area contributed by atoms with E-state index in [0.717, 1.165) is 25.1 Å². The standard InChI is InChI=1S/C16H23N3O2/c1-11(15(20)17-2)10-19(3)16(21)13-6-7-14-12(9-13)5-4-8-18-14/h6-7,9,11,18H,4-5,8,10H2,1-3H3,(H,17,20). The fourth-order valence-corrected chi connectivity index (χ4v) is 2.65. The van der Waals surface area contributed by atoms with Crippen molar-refractivity contribution in [3.05, 3.63) is 29.3 Å². The number of amides is 2. The number of benzene rings is 1. The Bertz CT molecular complexity index is 542. The Hall–Kier alpha value is -2.04. The molecule has 1 heterocycles. The number of hydrogen-bond acceptors (Lipinski definition) is 3. The normalized spacial score (nSPS) is 14.6. The van der Waals surface area contributed by atoms with Crippen molar-refractivity contribution in [2.75, 3.05) is 32.5 Å². The fraction of sp³-hybridized carbons (Fsp3) is 0.500. The average Bonchev–Trinajstić information content (AvgIpc) is 2.52. The lowest BCUT2D eigenvalue weighted by Gasteiger charge is -2.22. The summed E-state index contributed by atoms with van der Waals surface area (Å²) in [7, 11) is 3.34. The molecule has 0 bridgehead atoms. The van der Waals surface area contributed by atoms with Gasteiger partial charge in [0.15, 0.2) is 0 Å². The molecule has 0 fully saturated rings. The predicted octanol–water partition coefficient (Wildman–Crippen LogP) is 1.50. The molecule has 5 nitrogen and oxygen atoms in total. The van der Waals surface area contributed by atoms with Crippen LogP contribution in [0.25, 0.3) is 0 Å². The number of fused-ring (bicyclic) bond motifs is 1. The van der Waals surface area contributed by atoms with Gasteiger partial charge in [-0.15, -0.1) is 0 Å². The molecule has 1 atom stereocenters. The zero-order valence-corrected chi connectivity index (χ0v) is 12.9. The van der Waals surface area contributed by atoms with Gasteiger partial charge < -0.3 is 15.5 Å². The molecule has 0 saturated carbocycles. The van der Waals surface area contributed by atoms with Crippen LogP contribution in [0.2, 0.25) is 0 Å². The first kappa shape index (κ1) is 15.4. The van der Waals surface area contributed by atoms with E-state index in [4.69, 9.17) is 0 Å². The van der Waals surface area contributed by atoms with E-state index in [1.807, 2.05) is 25.1 Å². The molecular formula is C16H23N3O2. The zero-order chi connectivity index (χ0) is 15.4. The minimum absolute atomic E-state index is 0.0425.